The predicted molar refractivity (Wildman–Crippen MR) is 68.8 cm³/mol. The van der Waals surface area contributed by atoms with Crippen molar-refractivity contribution in [2.24, 2.45) is 5.10 Å². The topological polar surface area (TPSA) is 91.2 Å². The minimum absolute atomic E-state index is 0.202. The van der Waals surface area contributed by atoms with Gasteiger partial charge >= 0.3 is 5.97 Å². The van der Waals surface area contributed by atoms with E-state index in [1.165, 1.54) is 11.7 Å². The molecule has 0 spiro atoms. The Bertz CT molecular complexity index is 514. The minimum atomic E-state index is -1.30. The highest BCUT2D eigenvalue weighted by Gasteiger charge is 2.21. The molecule has 1 fully saturated rings. The van der Waals surface area contributed by atoms with Crippen molar-refractivity contribution in [1.82, 2.24) is 5.59 Å². The van der Waals surface area contributed by atoms with Crippen LogP contribution in [0.3, 0.4) is 0 Å². The zero-order chi connectivity index (χ0) is 13.8. The summed E-state index contributed by atoms with van der Waals surface area (Å²) in [5.74, 6) is -0.698. The van der Waals surface area contributed by atoms with Gasteiger partial charge < -0.3 is 9.84 Å². The molecule has 0 aromatic heterocycles. The monoisotopic (exact) mass is 284 g/mol. The van der Waals surface area contributed by atoms with E-state index in [4.69, 9.17) is 26.7 Å². The molecule has 1 saturated carbocycles. The molecule has 0 unspecified atom stereocenters. The van der Waals surface area contributed by atoms with Crippen molar-refractivity contribution in [3.8, 4) is 5.75 Å². The Hall–Kier alpha value is -1.79. The van der Waals surface area contributed by atoms with E-state index in [2.05, 4.69) is 5.10 Å². The van der Waals surface area contributed by atoms with Gasteiger partial charge in [0.2, 0.25) is 0 Å². The number of carbonyl (C=O) groups is 1. The van der Waals surface area contributed by atoms with Crippen molar-refractivity contribution in [2.75, 3.05) is 0 Å². The number of carboxylic acid groups (broad SMARTS) is 1. The molecule has 0 aliphatic heterocycles. The summed E-state index contributed by atoms with van der Waals surface area (Å²) in [6.07, 6.45) is 3.42. The standard InChI is InChI=1S/C12H13ClN2O4/c13-10-6-8(19-7-2-1-3-7)4-5-9(10)11(12(16)17)14-15-18/h4-7,15,18H,1-3H2,(H,16,17)/b14-11-. The molecule has 0 atom stereocenters. The lowest BCUT2D eigenvalue weighted by Crippen LogP contribution is -2.24. The number of carboxylic acids is 1. The summed E-state index contributed by atoms with van der Waals surface area (Å²) in [6.45, 7) is 0. The second-order valence-electron chi connectivity index (χ2n) is 4.18. The number of hydrogen-bond acceptors (Lipinski definition) is 5. The summed E-state index contributed by atoms with van der Waals surface area (Å²) in [5, 5.41) is 20.9. The van der Waals surface area contributed by atoms with E-state index >= 15 is 0 Å². The normalized spacial score (nSPS) is 15.8. The van der Waals surface area contributed by atoms with Crippen LogP contribution in [0, 0.1) is 0 Å². The molecule has 0 bridgehead atoms. The third-order valence-electron chi connectivity index (χ3n) is 2.91. The summed E-state index contributed by atoms with van der Waals surface area (Å²) in [6, 6.07) is 4.68. The van der Waals surface area contributed by atoms with Crippen molar-refractivity contribution in [3.63, 3.8) is 0 Å². The zero-order valence-electron chi connectivity index (χ0n) is 9.97. The first-order valence-electron chi connectivity index (χ1n) is 5.78. The molecule has 6 nitrogen and oxygen atoms in total. The van der Waals surface area contributed by atoms with Crippen LogP contribution in [0.4, 0.5) is 0 Å². The van der Waals surface area contributed by atoms with Gasteiger partial charge in [-0.3, -0.25) is 5.21 Å². The number of aliphatic carboxylic acids is 1. The van der Waals surface area contributed by atoms with Gasteiger partial charge in [-0.05, 0) is 37.5 Å². The maximum Gasteiger partial charge on any atom is 0.357 e. The first-order valence-corrected chi connectivity index (χ1v) is 6.16. The highest BCUT2D eigenvalue weighted by Crippen LogP contribution is 2.28. The number of hydrazone groups is 1. The largest absolute Gasteiger partial charge is 0.490 e. The quantitative estimate of drug-likeness (QED) is 0.568. The maximum absolute atomic E-state index is 11.0. The van der Waals surface area contributed by atoms with Gasteiger partial charge in [0.15, 0.2) is 5.71 Å². The van der Waals surface area contributed by atoms with Crippen molar-refractivity contribution in [2.45, 2.75) is 25.4 Å². The molecule has 1 aliphatic rings. The Labute approximate surface area is 114 Å². The van der Waals surface area contributed by atoms with E-state index in [-0.39, 0.29) is 22.4 Å². The lowest BCUT2D eigenvalue weighted by molar-refractivity contribution is -0.129. The Morgan fingerprint density at radius 2 is 2.21 bits per heavy atom. The Morgan fingerprint density at radius 3 is 2.68 bits per heavy atom. The van der Waals surface area contributed by atoms with Crippen LogP contribution in [0.5, 0.6) is 5.75 Å². The first kappa shape index (κ1) is 13.6. The number of rotatable bonds is 5. The van der Waals surface area contributed by atoms with E-state index in [1.54, 1.807) is 12.1 Å². The fraction of sp³-hybridized carbons (Fsp3) is 0.333. The molecular weight excluding hydrogens is 272 g/mol. The van der Waals surface area contributed by atoms with Gasteiger partial charge in [-0.2, -0.15) is 5.59 Å². The van der Waals surface area contributed by atoms with Crippen molar-refractivity contribution < 1.29 is 19.8 Å². The van der Waals surface area contributed by atoms with Crippen molar-refractivity contribution in [1.29, 1.82) is 0 Å². The summed E-state index contributed by atoms with van der Waals surface area (Å²) in [4.78, 5) is 11.0. The molecule has 19 heavy (non-hydrogen) atoms. The van der Waals surface area contributed by atoms with Crippen LogP contribution in [0.1, 0.15) is 24.8 Å². The molecule has 2 rings (SSSR count). The van der Waals surface area contributed by atoms with Gasteiger partial charge in [0.25, 0.3) is 0 Å². The van der Waals surface area contributed by atoms with Crippen LogP contribution in [-0.4, -0.2) is 28.1 Å². The molecule has 7 heteroatoms. The molecule has 0 radical (unpaired) electrons. The van der Waals surface area contributed by atoms with Gasteiger partial charge in [0.1, 0.15) is 5.75 Å². The van der Waals surface area contributed by atoms with Crippen LogP contribution in [-0.2, 0) is 4.79 Å². The molecule has 1 aromatic carbocycles. The zero-order valence-corrected chi connectivity index (χ0v) is 10.7. The van der Waals surface area contributed by atoms with E-state index in [0.29, 0.717) is 5.75 Å². The number of benzene rings is 1. The second kappa shape index (κ2) is 5.90. The minimum Gasteiger partial charge on any atom is -0.490 e. The van der Waals surface area contributed by atoms with E-state index in [0.717, 1.165) is 19.3 Å². The number of halogens is 1. The Balaban J connectivity index is 2.22. The highest BCUT2D eigenvalue weighted by molar-refractivity contribution is 6.46. The van der Waals surface area contributed by atoms with Gasteiger partial charge in [-0.15, -0.1) is 5.10 Å². The van der Waals surface area contributed by atoms with Gasteiger partial charge in [-0.25, -0.2) is 4.79 Å². The molecule has 3 N–H and O–H groups in total. The lowest BCUT2D eigenvalue weighted by atomic mass is 9.96. The molecule has 0 amide bonds. The summed E-state index contributed by atoms with van der Waals surface area (Å²) in [5.41, 5.74) is 1.29. The summed E-state index contributed by atoms with van der Waals surface area (Å²) < 4.78 is 5.65. The first-order chi connectivity index (χ1) is 9.11. The van der Waals surface area contributed by atoms with E-state index < -0.39 is 5.97 Å². The fourth-order valence-electron chi connectivity index (χ4n) is 1.72. The maximum atomic E-state index is 11.0. The predicted octanol–water partition coefficient (Wildman–Crippen LogP) is 2.04. The van der Waals surface area contributed by atoms with E-state index in [1.807, 2.05) is 0 Å². The summed E-state index contributed by atoms with van der Waals surface area (Å²) >= 11 is 6.02. The number of nitrogens with zero attached hydrogens (tertiary/aromatic N) is 1. The molecule has 0 saturated heterocycles. The molecule has 102 valence electrons. The molecule has 1 aliphatic carbocycles. The average molecular weight is 285 g/mol. The molecule has 0 heterocycles. The Kier molecular flexibility index (Phi) is 4.24. The Morgan fingerprint density at radius 1 is 1.47 bits per heavy atom. The smallest absolute Gasteiger partial charge is 0.357 e. The van der Waals surface area contributed by atoms with Crippen molar-refractivity contribution >= 4 is 23.3 Å². The van der Waals surface area contributed by atoms with Gasteiger partial charge in [0.05, 0.1) is 11.1 Å². The average Bonchev–Trinajstić information content (AvgIpc) is 2.31. The summed E-state index contributed by atoms with van der Waals surface area (Å²) in [7, 11) is 0. The second-order valence-corrected chi connectivity index (χ2v) is 4.59. The van der Waals surface area contributed by atoms with Crippen LogP contribution in [0.2, 0.25) is 5.02 Å². The number of ether oxygens (including phenoxy) is 1. The van der Waals surface area contributed by atoms with Crippen LogP contribution < -0.4 is 10.3 Å². The lowest BCUT2D eigenvalue weighted by Gasteiger charge is -2.26. The van der Waals surface area contributed by atoms with Crippen LogP contribution >= 0.6 is 11.6 Å². The third-order valence-corrected chi connectivity index (χ3v) is 3.23. The highest BCUT2D eigenvalue weighted by atomic mass is 35.5. The SMILES string of the molecule is O=C(O)/C(=N\NO)c1ccc(OC2CCC2)cc1Cl. The van der Waals surface area contributed by atoms with Gasteiger partial charge in [0, 0.05) is 5.56 Å². The van der Waals surface area contributed by atoms with Crippen LogP contribution in [0.25, 0.3) is 0 Å². The fourth-order valence-corrected chi connectivity index (χ4v) is 1.98. The third kappa shape index (κ3) is 3.15. The van der Waals surface area contributed by atoms with E-state index in [9.17, 15) is 4.79 Å². The number of nitrogens with one attached hydrogen (secondary N) is 1. The van der Waals surface area contributed by atoms with Crippen LogP contribution in [0.15, 0.2) is 23.3 Å². The number of hydrogen-bond donors (Lipinski definition) is 3. The molecular formula is C12H13ClN2O4. The van der Waals surface area contributed by atoms with Crippen molar-refractivity contribution in [3.05, 3.63) is 28.8 Å². The van der Waals surface area contributed by atoms with Gasteiger partial charge in [-0.1, -0.05) is 11.6 Å². The molecule has 1 aromatic rings.